The summed E-state index contributed by atoms with van der Waals surface area (Å²) in [5.74, 6) is -2.28. The Labute approximate surface area is 126 Å². The molecule has 1 aliphatic rings. The van der Waals surface area contributed by atoms with Crippen LogP contribution in [0, 0.1) is 17.2 Å². The Bertz CT molecular complexity index is 589. The lowest BCUT2D eigenvalue weighted by atomic mass is 9.97. The van der Waals surface area contributed by atoms with Crippen LogP contribution in [0.4, 0.5) is 0 Å². The van der Waals surface area contributed by atoms with Crippen molar-refractivity contribution in [2.45, 2.75) is 12.8 Å². The summed E-state index contributed by atoms with van der Waals surface area (Å²) in [6.45, 7) is 1.21. The molecule has 0 aliphatic carbocycles. The van der Waals surface area contributed by atoms with E-state index in [2.05, 4.69) is 0 Å². The van der Waals surface area contributed by atoms with Crippen molar-refractivity contribution in [2.75, 3.05) is 13.1 Å². The molecular formula is C14H12Cl2N2O2. The van der Waals surface area contributed by atoms with Crippen LogP contribution in [0.3, 0.4) is 0 Å². The smallest absolute Gasteiger partial charge is 0.247 e. The highest BCUT2D eigenvalue weighted by atomic mass is 35.5. The molecule has 4 nitrogen and oxygen atoms in total. The summed E-state index contributed by atoms with van der Waals surface area (Å²) >= 11 is 11.6. The Hall–Kier alpha value is -1.57. The highest BCUT2D eigenvalue weighted by Gasteiger charge is 2.32. The van der Waals surface area contributed by atoms with Crippen molar-refractivity contribution in [3.8, 4) is 6.07 Å². The number of hydrogen-bond donors (Lipinski definition) is 0. The van der Waals surface area contributed by atoms with E-state index in [-0.39, 0.29) is 10.6 Å². The summed E-state index contributed by atoms with van der Waals surface area (Å²) in [7, 11) is 0. The van der Waals surface area contributed by atoms with Crippen molar-refractivity contribution in [3.63, 3.8) is 0 Å². The average molecular weight is 311 g/mol. The normalized spacial score (nSPS) is 15.8. The second kappa shape index (κ2) is 6.25. The zero-order valence-corrected chi connectivity index (χ0v) is 12.1. The fourth-order valence-corrected chi connectivity index (χ4v) is 2.46. The van der Waals surface area contributed by atoms with Crippen LogP contribution < -0.4 is 0 Å². The van der Waals surface area contributed by atoms with E-state index in [1.54, 1.807) is 11.0 Å². The molecule has 20 heavy (non-hydrogen) atoms. The number of rotatable bonds is 3. The fraction of sp³-hybridized carbons (Fsp3) is 0.357. The summed E-state index contributed by atoms with van der Waals surface area (Å²) in [6.07, 6.45) is 1.82. The van der Waals surface area contributed by atoms with E-state index >= 15 is 0 Å². The number of benzene rings is 1. The first-order valence-corrected chi connectivity index (χ1v) is 6.98. The summed E-state index contributed by atoms with van der Waals surface area (Å²) in [4.78, 5) is 26.0. The van der Waals surface area contributed by atoms with Crippen molar-refractivity contribution >= 4 is 34.9 Å². The number of carbonyl (C=O) groups excluding carboxylic acids is 2. The van der Waals surface area contributed by atoms with Crippen LogP contribution in [0.2, 0.25) is 10.0 Å². The van der Waals surface area contributed by atoms with E-state index in [0.717, 1.165) is 12.8 Å². The van der Waals surface area contributed by atoms with Gasteiger partial charge in [0.1, 0.15) is 0 Å². The van der Waals surface area contributed by atoms with E-state index in [1.807, 2.05) is 0 Å². The number of carbonyl (C=O) groups is 2. The molecule has 104 valence electrons. The number of hydrogen-bond acceptors (Lipinski definition) is 3. The van der Waals surface area contributed by atoms with Gasteiger partial charge in [0.2, 0.25) is 5.91 Å². The molecule has 6 heteroatoms. The standard InChI is InChI=1S/C14H12Cl2N2O2/c15-11-4-3-9(7-12(11)16)13(19)10(8-17)14(20)18-5-1-2-6-18/h3-4,7,10H,1-2,5-6H2/t10-/m0/s1. The number of Topliss-reactive ketones (excluding diaryl/α,β-unsaturated/α-hetero) is 1. The molecule has 1 saturated heterocycles. The van der Waals surface area contributed by atoms with Crippen LogP contribution in [0.5, 0.6) is 0 Å². The molecule has 2 rings (SSSR count). The van der Waals surface area contributed by atoms with Gasteiger partial charge in [-0.05, 0) is 31.0 Å². The molecule has 0 radical (unpaired) electrons. The predicted octanol–water partition coefficient (Wildman–Crippen LogP) is 2.94. The average Bonchev–Trinajstić information content (AvgIpc) is 2.96. The number of likely N-dealkylation sites (tertiary alicyclic amines) is 1. The van der Waals surface area contributed by atoms with Crippen molar-refractivity contribution < 1.29 is 9.59 Å². The maximum atomic E-state index is 12.3. The van der Waals surface area contributed by atoms with Crippen molar-refractivity contribution in [1.82, 2.24) is 4.90 Å². The van der Waals surface area contributed by atoms with Crippen LogP contribution in [-0.2, 0) is 4.79 Å². The lowest BCUT2D eigenvalue weighted by Crippen LogP contribution is -2.37. The van der Waals surface area contributed by atoms with Gasteiger partial charge in [0.05, 0.1) is 16.1 Å². The second-order valence-corrected chi connectivity index (χ2v) is 5.40. The molecule has 1 aromatic carbocycles. The number of halogens is 2. The summed E-state index contributed by atoms with van der Waals surface area (Å²) < 4.78 is 0. The van der Waals surface area contributed by atoms with E-state index in [4.69, 9.17) is 28.5 Å². The summed E-state index contributed by atoms with van der Waals surface area (Å²) in [6, 6.07) is 6.13. The number of ketones is 1. The van der Waals surface area contributed by atoms with Crippen LogP contribution >= 0.6 is 23.2 Å². The highest BCUT2D eigenvalue weighted by molar-refractivity contribution is 6.42. The maximum Gasteiger partial charge on any atom is 0.247 e. The Morgan fingerprint density at radius 1 is 1.20 bits per heavy atom. The highest BCUT2D eigenvalue weighted by Crippen LogP contribution is 2.24. The molecule has 0 saturated carbocycles. The van der Waals surface area contributed by atoms with Gasteiger partial charge in [0.25, 0.3) is 0 Å². The number of nitrogens with zero attached hydrogens (tertiary/aromatic N) is 2. The van der Waals surface area contributed by atoms with Gasteiger partial charge in [-0.25, -0.2) is 0 Å². The zero-order chi connectivity index (χ0) is 14.7. The molecule has 1 amide bonds. The first-order valence-electron chi connectivity index (χ1n) is 6.22. The first-order chi connectivity index (χ1) is 9.54. The quantitative estimate of drug-likeness (QED) is 0.637. The van der Waals surface area contributed by atoms with Gasteiger partial charge in [0, 0.05) is 18.7 Å². The third kappa shape index (κ3) is 2.95. The molecule has 1 atom stereocenters. The fourth-order valence-electron chi connectivity index (χ4n) is 2.16. The van der Waals surface area contributed by atoms with Crippen LogP contribution in [0.15, 0.2) is 18.2 Å². The molecule has 0 unspecified atom stereocenters. The lowest BCUT2D eigenvalue weighted by molar-refractivity contribution is -0.131. The molecule has 1 aromatic rings. The van der Waals surface area contributed by atoms with Crippen LogP contribution in [0.25, 0.3) is 0 Å². The third-order valence-electron chi connectivity index (χ3n) is 3.26. The minimum atomic E-state index is -1.31. The Balaban J connectivity index is 2.22. The van der Waals surface area contributed by atoms with Crippen LogP contribution in [-0.4, -0.2) is 29.7 Å². The Kier molecular flexibility index (Phi) is 4.64. The molecule has 1 aliphatic heterocycles. The molecule has 0 spiro atoms. The Morgan fingerprint density at radius 2 is 1.85 bits per heavy atom. The second-order valence-electron chi connectivity index (χ2n) is 4.59. The van der Waals surface area contributed by atoms with Crippen molar-refractivity contribution in [3.05, 3.63) is 33.8 Å². The predicted molar refractivity (Wildman–Crippen MR) is 75.7 cm³/mol. The van der Waals surface area contributed by atoms with Crippen molar-refractivity contribution in [1.29, 1.82) is 5.26 Å². The SMILES string of the molecule is N#C[C@@H](C(=O)c1ccc(Cl)c(Cl)c1)C(=O)N1CCCC1. The Morgan fingerprint density at radius 3 is 2.40 bits per heavy atom. The van der Waals surface area contributed by atoms with Gasteiger partial charge >= 0.3 is 0 Å². The van der Waals surface area contributed by atoms with Gasteiger partial charge in [-0.2, -0.15) is 5.26 Å². The minimum absolute atomic E-state index is 0.221. The van der Waals surface area contributed by atoms with Crippen molar-refractivity contribution in [2.24, 2.45) is 5.92 Å². The molecular weight excluding hydrogens is 299 g/mol. The third-order valence-corrected chi connectivity index (χ3v) is 4.00. The van der Waals surface area contributed by atoms with Gasteiger partial charge in [-0.15, -0.1) is 0 Å². The van der Waals surface area contributed by atoms with Crippen LogP contribution in [0.1, 0.15) is 23.2 Å². The number of amides is 1. The van der Waals surface area contributed by atoms with Gasteiger partial charge < -0.3 is 4.90 Å². The van der Waals surface area contributed by atoms with E-state index in [0.29, 0.717) is 18.1 Å². The van der Waals surface area contributed by atoms with Gasteiger partial charge in [0.15, 0.2) is 11.7 Å². The zero-order valence-electron chi connectivity index (χ0n) is 10.6. The maximum absolute atomic E-state index is 12.3. The number of nitriles is 1. The first kappa shape index (κ1) is 14.8. The molecule has 0 aromatic heterocycles. The van der Waals surface area contributed by atoms with E-state index in [1.165, 1.54) is 18.2 Å². The van der Waals surface area contributed by atoms with E-state index in [9.17, 15) is 9.59 Å². The largest absolute Gasteiger partial charge is 0.341 e. The summed E-state index contributed by atoms with van der Waals surface area (Å²) in [5.41, 5.74) is 0.221. The summed E-state index contributed by atoms with van der Waals surface area (Å²) in [5, 5.41) is 9.68. The topological polar surface area (TPSA) is 61.2 Å². The molecule has 1 heterocycles. The van der Waals surface area contributed by atoms with Gasteiger partial charge in [-0.3, -0.25) is 9.59 Å². The molecule has 1 fully saturated rings. The molecule has 0 bridgehead atoms. The monoisotopic (exact) mass is 310 g/mol. The minimum Gasteiger partial charge on any atom is -0.341 e. The molecule has 0 N–H and O–H groups in total. The lowest BCUT2D eigenvalue weighted by Gasteiger charge is -2.18. The van der Waals surface area contributed by atoms with Gasteiger partial charge in [-0.1, -0.05) is 23.2 Å². The van der Waals surface area contributed by atoms with E-state index < -0.39 is 17.6 Å².